The zero-order valence-corrected chi connectivity index (χ0v) is 16.7. The number of carbonyl (C=O) groups is 1. The lowest BCUT2D eigenvalue weighted by atomic mass is 10.3. The van der Waals surface area contributed by atoms with E-state index in [-0.39, 0.29) is 23.4 Å². The molecule has 0 radical (unpaired) electrons. The Morgan fingerprint density at radius 2 is 2.10 bits per heavy atom. The van der Waals surface area contributed by atoms with Crippen LogP contribution in [0.15, 0.2) is 58.7 Å². The van der Waals surface area contributed by atoms with Crippen molar-refractivity contribution < 1.29 is 13.9 Å². The topological polar surface area (TPSA) is 86.1 Å². The van der Waals surface area contributed by atoms with Crippen LogP contribution in [0.1, 0.15) is 11.4 Å². The highest BCUT2D eigenvalue weighted by molar-refractivity contribution is 7.98. The van der Waals surface area contributed by atoms with Gasteiger partial charge in [0.1, 0.15) is 12.4 Å². The maximum atomic E-state index is 13.8. The third-order valence-electron chi connectivity index (χ3n) is 3.99. The Bertz CT molecular complexity index is 1090. The number of para-hydroxylation sites is 1. The molecule has 3 rings (SSSR count). The molecule has 1 aromatic carbocycles. The largest absolute Gasteiger partial charge is 0.491 e. The van der Waals surface area contributed by atoms with E-state index < -0.39 is 11.7 Å². The minimum atomic E-state index is -0.522. The molecular formula is C20H19FN4O3S. The van der Waals surface area contributed by atoms with E-state index >= 15 is 0 Å². The highest BCUT2D eigenvalue weighted by Crippen LogP contribution is 2.20. The summed E-state index contributed by atoms with van der Waals surface area (Å²) in [7, 11) is 1.38. The summed E-state index contributed by atoms with van der Waals surface area (Å²) in [5, 5.41) is 3.10. The molecule has 150 valence electrons. The van der Waals surface area contributed by atoms with Crippen molar-refractivity contribution in [1.82, 2.24) is 14.5 Å². The number of anilines is 1. The molecule has 1 amide bonds. The summed E-state index contributed by atoms with van der Waals surface area (Å²) >= 11 is 1.34. The van der Waals surface area contributed by atoms with Crippen molar-refractivity contribution >= 4 is 23.4 Å². The summed E-state index contributed by atoms with van der Waals surface area (Å²) in [6.07, 6.45) is 3.13. The predicted octanol–water partition coefficient (Wildman–Crippen LogP) is 3.03. The number of nitrogens with one attached hydrogen (secondary N) is 1. The number of thioether (sulfide) groups is 1. The summed E-state index contributed by atoms with van der Waals surface area (Å²) < 4.78 is 20.5. The Labute approximate surface area is 171 Å². The number of carbonyl (C=O) groups excluding carboxylic acids is 1. The van der Waals surface area contributed by atoms with E-state index in [1.54, 1.807) is 29.0 Å². The van der Waals surface area contributed by atoms with Crippen molar-refractivity contribution in [3.05, 3.63) is 76.2 Å². The van der Waals surface area contributed by atoms with E-state index in [4.69, 9.17) is 4.74 Å². The first-order valence-electron chi connectivity index (χ1n) is 8.70. The van der Waals surface area contributed by atoms with E-state index in [2.05, 4.69) is 15.3 Å². The molecule has 9 heteroatoms. The molecule has 3 aromatic rings. The van der Waals surface area contributed by atoms with E-state index in [0.717, 1.165) is 5.69 Å². The number of nitrogens with zero attached hydrogens (tertiary/aromatic N) is 3. The predicted molar refractivity (Wildman–Crippen MR) is 109 cm³/mol. The number of ether oxygens (including phenoxy) is 1. The highest BCUT2D eigenvalue weighted by atomic mass is 32.2. The normalized spacial score (nSPS) is 10.6. The average Bonchev–Trinajstić information content (AvgIpc) is 2.69. The van der Waals surface area contributed by atoms with Crippen molar-refractivity contribution in [2.75, 3.05) is 12.4 Å². The molecule has 0 fully saturated rings. The van der Waals surface area contributed by atoms with E-state index in [1.165, 1.54) is 43.3 Å². The van der Waals surface area contributed by atoms with Gasteiger partial charge in [0.15, 0.2) is 10.9 Å². The fraction of sp³-hybridized carbons (Fsp3) is 0.200. The van der Waals surface area contributed by atoms with Gasteiger partial charge in [-0.15, -0.1) is 0 Å². The minimum absolute atomic E-state index is 0.0922. The van der Waals surface area contributed by atoms with Crippen LogP contribution in [0.3, 0.4) is 0 Å². The minimum Gasteiger partial charge on any atom is -0.491 e. The number of aromatic nitrogens is 3. The summed E-state index contributed by atoms with van der Waals surface area (Å²) in [5.74, 6) is -0.468. The quantitative estimate of drug-likeness (QED) is 0.472. The van der Waals surface area contributed by atoms with Crippen molar-refractivity contribution in [1.29, 1.82) is 0 Å². The Hall–Kier alpha value is -3.20. The zero-order chi connectivity index (χ0) is 20.8. The van der Waals surface area contributed by atoms with Crippen LogP contribution in [0, 0.1) is 12.7 Å². The van der Waals surface area contributed by atoms with Gasteiger partial charge >= 0.3 is 0 Å². The van der Waals surface area contributed by atoms with Gasteiger partial charge in [0.25, 0.3) is 0 Å². The third kappa shape index (κ3) is 5.41. The third-order valence-corrected chi connectivity index (χ3v) is 4.88. The first-order chi connectivity index (χ1) is 14.0. The molecule has 29 heavy (non-hydrogen) atoms. The first kappa shape index (κ1) is 20.5. The number of pyridine rings is 1. The van der Waals surface area contributed by atoms with Crippen LogP contribution in [0.2, 0.25) is 0 Å². The molecule has 0 unspecified atom stereocenters. The number of halogens is 1. The fourth-order valence-electron chi connectivity index (χ4n) is 2.56. The lowest BCUT2D eigenvalue weighted by Gasteiger charge is -2.15. The summed E-state index contributed by atoms with van der Waals surface area (Å²) in [6, 6.07) is 9.12. The van der Waals surface area contributed by atoms with E-state index in [0.29, 0.717) is 16.6 Å². The number of amides is 1. The summed E-state index contributed by atoms with van der Waals surface area (Å²) in [4.78, 5) is 33.1. The molecular weight excluding hydrogens is 395 g/mol. The van der Waals surface area contributed by atoms with Gasteiger partial charge in [-0.3, -0.25) is 9.59 Å². The summed E-state index contributed by atoms with van der Waals surface area (Å²) in [5.41, 5.74) is 1.22. The molecule has 0 bridgehead atoms. The van der Waals surface area contributed by atoms with Gasteiger partial charge in [-0.1, -0.05) is 23.9 Å². The maximum absolute atomic E-state index is 13.8. The second kappa shape index (κ2) is 9.33. The first-order valence-corrected chi connectivity index (χ1v) is 9.69. The second-order valence-electron chi connectivity index (χ2n) is 6.12. The molecule has 0 aliphatic carbocycles. The second-order valence-corrected chi connectivity index (χ2v) is 7.07. The van der Waals surface area contributed by atoms with Crippen LogP contribution in [0.4, 0.5) is 10.1 Å². The van der Waals surface area contributed by atoms with E-state index in [1.807, 2.05) is 6.92 Å². The molecule has 2 aromatic heterocycles. The molecule has 0 aliphatic heterocycles. The van der Waals surface area contributed by atoms with Gasteiger partial charge in [-0.05, 0) is 25.1 Å². The maximum Gasteiger partial charge on any atom is 0.244 e. The van der Waals surface area contributed by atoms with Gasteiger partial charge < -0.3 is 14.6 Å². The van der Waals surface area contributed by atoms with Crippen LogP contribution in [0.25, 0.3) is 0 Å². The van der Waals surface area contributed by atoms with Crippen molar-refractivity contribution in [2.45, 2.75) is 24.4 Å². The van der Waals surface area contributed by atoms with Gasteiger partial charge in [0, 0.05) is 29.4 Å². The summed E-state index contributed by atoms with van der Waals surface area (Å²) in [6.45, 7) is 1.75. The number of methoxy groups -OCH3 is 1. The zero-order valence-electron chi connectivity index (χ0n) is 15.9. The number of hydrogen-bond donors (Lipinski definition) is 1. The smallest absolute Gasteiger partial charge is 0.244 e. The number of aryl methyl sites for hydroxylation is 1. The van der Waals surface area contributed by atoms with Crippen LogP contribution in [-0.4, -0.2) is 27.6 Å². The Morgan fingerprint density at radius 1 is 1.31 bits per heavy atom. The highest BCUT2D eigenvalue weighted by Gasteiger charge is 2.13. The lowest BCUT2D eigenvalue weighted by molar-refractivity contribution is -0.116. The molecule has 0 spiro atoms. The van der Waals surface area contributed by atoms with Gasteiger partial charge in [0.2, 0.25) is 11.3 Å². The van der Waals surface area contributed by atoms with Crippen LogP contribution in [0.5, 0.6) is 5.75 Å². The standard InChI is InChI=1S/C20H19FN4O3S/c1-13-7-8-22-20(23-13)29-12-14-9-17(26)18(28-2)10-25(14)11-19(27)24-16-6-4-3-5-15(16)21/h3-10H,11-12H2,1-2H3,(H,24,27). The van der Waals surface area contributed by atoms with Crippen LogP contribution < -0.4 is 15.5 Å². The molecule has 0 saturated carbocycles. The molecule has 2 heterocycles. The molecule has 0 atom stereocenters. The molecule has 0 aliphatic rings. The molecule has 1 N–H and O–H groups in total. The van der Waals surface area contributed by atoms with Crippen LogP contribution in [-0.2, 0) is 17.1 Å². The van der Waals surface area contributed by atoms with Crippen molar-refractivity contribution in [3.8, 4) is 5.75 Å². The average molecular weight is 414 g/mol. The Morgan fingerprint density at radius 3 is 2.83 bits per heavy atom. The number of hydrogen-bond acceptors (Lipinski definition) is 6. The lowest BCUT2D eigenvalue weighted by Crippen LogP contribution is -2.23. The number of benzene rings is 1. The van der Waals surface area contributed by atoms with E-state index in [9.17, 15) is 14.0 Å². The van der Waals surface area contributed by atoms with Gasteiger partial charge in [0.05, 0.1) is 19.0 Å². The Kier molecular flexibility index (Phi) is 6.61. The Balaban J connectivity index is 1.81. The van der Waals surface area contributed by atoms with Crippen molar-refractivity contribution in [3.63, 3.8) is 0 Å². The molecule has 7 nitrogen and oxygen atoms in total. The SMILES string of the molecule is COc1cn(CC(=O)Nc2ccccc2F)c(CSc2nccc(C)n2)cc1=O. The number of rotatable bonds is 7. The van der Waals surface area contributed by atoms with Gasteiger partial charge in [-0.2, -0.15) is 0 Å². The van der Waals surface area contributed by atoms with Gasteiger partial charge in [-0.25, -0.2) is 14.4 Å². The monoisotopic (exact) mass is 414 g/mol. The van der Waals surface area contributed by atoms with Crippen LogP contribution >= 0.6 is 11.8 Å². The fourth-order valence-corrected chi connectivity index (χ4v) is 3.43. The van der Waals surface area contributed by atoms with Crippen molar-refractivity contribution in [2.24, 2.45) is 0 Å². The molecule has 0 saturated heterocycles.